The number of rotatable bonds is 6. The van der Waals surface area contributed by atoms with Gasteiger partial charge in [0.1, 0.15) is 11.5 Å². The minimum atomic E-state index is -0.364. The number of para-hydroxylation sites is 6. The van der Waals surface area contributed by atoms with E-state index < -0.39 is 0 Å². The van der Waals surface area contributed by atoms with E-state index in [1.54, 1.807) is 36.4 Å². The number of aromatic nitrogens is 1. The number of hydrogen-bond donors (Lipinski definition) is 0. The molecule has 0 radical (unpaired) electrons. The minimum Gasteiger partial charge on any atom is -0.491 e. The summed E-state index contributed by atoms with van der Waals surface area (Å²) in [7, 11) is 0. The molecule has 0 N–H and O–H groups in total. The van der Waals surface area contributed by atoms with Gasteiger partial charge in [-0.15, -0.1) is 0 Å². The van der Waals surface area contributed by atoms with Gasteiger partial charge in [0.15, 0.2) is 0 Å². The molecule has 0 unspecified atom stereocenters. The highest BCUT2D eigenvalue weighted by Crippen LogP contribution is 2.34. The van der Waals surface area contributed by atoms with E-state index in [1.165, 1.54) is 12.1 Å². The second-order valence-electron chi connectivity index (χ2n) is 11.1. The zero-order chi connectivity index (χ0) is 32.6. The predicted octanol–water partition coefficient (Wildman–Crippen LogP) is 7.47. The summed E-state index contributed by atoms with van der Waals surface area (Å²) in [4.78, 5) is 32.1. The molecule has 1 aliphatic heterocycles. The SMILES string of the molecule is O=[N+]([O-])c1ccccc1CN1Cc2cccc(n2)CN(Cc2ccccc2[N+](=O)[O-])c2ccccc2OCCCOc2ccccc21. The van der Waals surface area contributed by atoms with Crippen molar-refractivity contribution >= 4 is 22.7 Å². The van der Waals surface area contributed by atoms with E-state index in [9.17, 15) is 20.2 Å². The van der Waals surface area contributed by atoms with Crippen LogP contribution in [0.3, 0.4) is 0 Å². The predicted molar refractivity (Wildman–Crippen MR) is 179 cm³/mol. The van der Waals surface area contributed by atoms with Gasteiger partial charge in [-0.2, -0.15) is 0 Å². The Balaban J connectivity index is 1.41. The minimum absolute atomic E-state index is 0.0428. The van der Waals surface area contributed by atoms with E-state index in [-0.39, 0.29) is 34.3 Å². The summed E-state index contributed by atoms with van der Waals surface area (Å²) in [6.45, 7) is 1.97. The molecule has 0 saturated heterocycles. The third-order valence-electron chi connectivity index (χ3n) is 7.88. The molecule has 1 aromatic heterocycles. The number of ether oxygens (including phenoxy) is 2. The molecule has 0 atom stereocenters. The van der Waals surface area contributed by atoms with Gasteiger partial charge in [0.2, 0.25) is 0 Å². The average Bonchev–Trinajstić information content (AvgIpc) is 3.08. The Bertz CT molecular complexity index is 1750. The molecule has 4 aromatic carbocycles. The number of hydrogen-bond acceptors (Lipinski definition) is 9. The second kappa shape index (κ2) is 14.4. The van der Waals surface area contributed by atoms with Crippen molar-refractivity contribution in [3.05, 3.63) is 158 Å². The third kappa shape index (κ3) is 7.47. The lowest BCUT2D eigenvalue weighted by Gasteiger charge is -2.29. The normalized spacial score (nSPS) is 13.4. The number of nitro groups is 2. The summed E-state index contributed by atoms with van der Waals surface area (Å²) in [5.41, 5.74) is 4.29. The van der Waals surface area contributed by atoms with Crippen LogP contribution in [-0.4, -0.2) is 28.0 Å². The first-order valence-corrected chi connectivity index (χ1v) is 15.3. The monoisotopic (exact) mass is 631 g/mol. The van der Waals surface area contributed by atoms with E-state index in [1.807, 2.05) is 76.5 Å². The molecule has 11 nitrogen and oxygen atoms in total. The zero-order valence-corrected chi connectivity index (χ0v) is 25.6. The summed E-state index contributed by atoms with van der Waals surface area (Å²) in [6, 6.07) is 34.5. The van der Waals surface area contributed by atoms with Crippen molar-refractivity contribution in [2.24, 2.45) is 0 Å². The first-order valence-electron chi connectivity index (χ1n) is 15.3. The summed E-state index contributed by atoms with van der Waals surface area (Å²) in [5.74, 6) is 1.32. The van der Waals surface area contributed by atoms with Gasteiger partial charge < -0.3 is 19.3 Å². The maximum absolute atomic E-state index is 11.9. The van der Waals surface area contributed by atoms with Crippen LogP contribution in [0.15, 0.2) is 115 Å². The topological polar surface area (TPSA) is 124 Å². The Kier molecular flexibility index (Phi) is 9.52. The summed E-state index contributed by atoms with van der Waals surface area (Å²) in [5, 5.41) is 23.8. The zero-order valence-electron chi connectivity index (χ0n) is 25.6. The molecule has 238 valence electrons. The van der Waals surface area contributed by atoms with E-state index in [0.717, 1.165) is 22.8 Å². The number of nitro benzene ring substituents is 2. The van der Waals surface area contributed by atoms with Crippen LogP contribution in [0.2, 0.25) is 0 Å². The fraction of sp³-hybridized carbons (Fsp3) is 0.194. The van der Waals surface area contributed by atoms with Crippen molar-refractivity contribution in [3.8, 4) is 11.5 Å². The Labute approximate surface area is 271 Å². The van der Waals surface area contributed by atoms with Crippen LogP contribution in [0, 0.1) is 20.2 Å². The number of nitrogens with zero attached hydrogens (tertiary/aromatic N) is 5. The number of pyridine rings is 1. The van der Waals surface area contributed by atoms with Gasteiger partial charge in [0, 0.05) is 29.7 Å². The van der Waals surface area contributed by atoms with Crippen LogP contribution < -0.4 is 19.3 Å². The number of fused-ring (bicyclic) bond motifs is 4. The first kappa shape index (κ1) is 31.0. The van der Waals surface area contributed by atoms with Gasteiger partial charge in [0.25, 0.3) is 11.4 Å². The van der Waals surface area contributed by atoms with Gasteiger partial charge in [-0.1, -0.05) is 66.7 Å². The van der Waals surface area contributed by atoms with Gasteiger partial charge in [0.05, 0.1) is 72.0 Å². The first-order chi connectivity index (χ1) is 23.0. The average molecular weight is 632 g/mol. The molecular formula is C36H33N5O6. The van der Waals surface area contributed by atoms with Crippen molar-refractivity contribution in [3.63, 3.8) is 0 Å². The molecule has 0 saturated carbocycles. The Morgan fingerprint density at radius 1 is 0.574 bits per heavy atom. The van der Waals surface area contributed by atoms with Crippen LogP contribution in [0.1, 0.15) is 28.9 Å². The number of benzene rings is 4. The van der Waals surface area contributed by atoms with Crippen LogP contribution in [-0.2, 0) is 26.2 Å². The third-order valence-corrected chi connectivity index (χ3v) is 7.88. The van der Waals surface area contributed by atoms with Crippen molar-refractivity contribution in [1.29, 1.82) is 0 Å². The molecule has 0 aliphatic carbocycles. The van der Waals surface area contributed by atoms with Crippen molar-refractivity contribution < 1.29 is 19.3 Å². The van der Waals surface area contributed by atoms with Crippen molar-refractivity contribution in [2.75, 3.05) is 23.0 Å². The smallest absolute Gasteiger partial charge is 0.274 e. The molecule has 0 spiro atoms. The van der Waals surface area contributed by atoms with Crippen LogP contribution in [0.5, 0.6) is 11.5 Å². The van der Waals surface area contributed by atoms with E-state index in [4.69, 9.17) is 14.5 Å². The standard InChI is InChI=1S/C36H33N5O6/c42-40(43)31-15-3-1-11-27(31)23-38-25-29-13-9-14-30(37-29)26-39(24-28-12-2-4-16-32(28)41(44)45)34-18-6-8-20-36(34)47-22-10-21-46-35-19-7-5-17-33(35)38/h1-9,11-20H,10,21-26H2. The highest BCUT2D eigenvalue weighted by molar-refractivity contribution is 5.61. The summed E-state index contributed by atoms with van der Waals surface area (Å²) < 4.78 is 12.5. The highest BCUT2D eigenvalue weighted by Gasteiger charge is 2.22. The van der Waals surface area contributed by atoms with E-state index in [2.05, 4.69) is 0 Å². The molecule has 11 heteroatoms. The van der Waals surface area contributed by atoms with Crippen LogP contribution in [0.25, 0.3) is 0 Å². The summed E-state index contributed by atoms with van der Waals surface area (Å²) >= 11 is 0. The van der Waals surface area contributed by atoms with Gasteiger partial charge >= 0.3 is 0 Å². The number of anilines is 2. The molecule has 5 aromatic rings. The lowest BCUT2D eigenvalue weighted by Crippen LogP contribution is -2.26. The molecule has 0 fully saturated rings. The molecule has 2 bridgehead atoms. The molecular weight excluding hydrogens is 598 g/mol. The Morgan fingerprint density at radius 3 is 1.47 bits per heavy atom. The fourth-order valence-electron chi connectivity index (χ4n) is 5.71. The second-order valence-corrected chi connectivity index (χ2v) is 11.1. The van der Waals surface area contributed by atoms with Crippen molar-refractivity contribution in [2.45, 2.75) is 32.6 Å². The fourth-order valence-corrected chi connectivity index (χ4v) is 5.71. The maximum atomic E-state index is 11.9. The molecule has 47 heavy (non-hydrogen) atoms. The summed E-state index contributed by atoms with van der Waals surface area (Å²) in [6.07, 6.45) is 0.595. The van der Waals surface area contributed by atoms with E-state index >= 15 is 0 Å². The highest BCUT2D eigenvalue weighted by atomic mass is 16.6. The lowest BCUT2D eigenvalue weighted by molar-refractivity contribution is -0.385. The largest absolute Gasteiger partial charge is 0.491 e. The quantitative estimate of drug-likeness (QED) is 0.139. The Hall–Kier alpha value is -5.97. The van der Waals surface area contributed by atoms with Gasteiger partial charge in [-0.05, 0) is 36.4 Å². The van der Waals surface area contributed by atoms with Gasteiger partial charge in [-0.3, -0.25) is 25.2 Å². The van der Waals surface area contributed by atoms with Crippen molar-refractivity contribution in [1.82, 2.24) is 4.98 Å². The molecule has 1 aliphatic rings. The maximum Gasteiger partial charge on any atom is 0.274 e. The Morgan fingerprint density at radius 2 is 1.00 bits per heavy atom. The molecule has 2 heterocycles. The van der Waals surface area contributed by atoms with Gasteiger partial charge in [-0.25, -0.2) is 0 Å². The lowest BCUT2D eigenvalue weighted by atomic mass is 10.1. The van der Waals surface area contributed by atoms with E-state index in [0.29, 0.717) is 55.4 Å². The van der Waals surface area contributed by atoms with Crippen LogP contribution in [0.4, 0.5) is 22.7 Å². The molecule has 6 rings (SSSR count). The van der Waals surface area contributed by atoms with Crippen LogP contribution >= 0.6 is 0 Å². The molecule has 0 amide bonds.